The molecule has 9 heteroatoms. The predicted molar refractivity (Wildman–Crippen MR) is 89.8 cm³/mol. The van der Waals surface area contributed by atoms with Crippen molar-refractivity contribution in [3.05, 3.63) is 29.3 Å². The van der Waals surface area contributed by atoms with Gasteiger partial charge in [0.05, 0.1) is 17.5 Å². The molecule has 124 valence electrons. The topological polar surface area (TPSA) is 96.5 Å². The summed E-state index contributed by atoms with van der Waals surface area (Å²) in [6.07, 6.45) is 1.96. The summed E-state index contributed by atoms with van der Waals surface area (Å²) in [6.45, 7) is 1.77. The summed E-state index contributed by atoms with van der Waals surface area (Å²) >= 11 is 7.09. The number of hydrogen-bond acceptors (Lipinski definition) is 6. The molecule has 1 aliphatic carbocycles. The van der Waals surface area contributed by atoms with E-state index in [1.165, 1.54) is 11.8 Å². The van der Waals surface area contributed by atoms with Gasteiger partial charge < -0.3 is 5.32 Å². The molecular weight excluding hydrogens is 348 g/mol. The third-order valence-corrected chi connectivity index (χ3v) is 5.04. The first-order valence-corrected chi connectivity index (χ1v) is 8.77. The van der Waals surface area contributed by atoms with E-state index >= 15 is 0 Å². The number of nitriles is 1. The minimum atomic E-state index is -0.792. The van der Waals surface area contributed by atoms with Crippen LogP contribution in [0.3, 0.4) is 0 Å². The van der Waals surface area contributed by atoms with Crippen LogP contribution in [0.25, 0.3) is 5.69 Å². The highest BCUT2D eigenvalue weighted by molar-refractivity contribution is 7.99. The second-order valence-electron chi connectivity index (χ2n) is 5.77. The standard InChI is InChI=1S/C15H15ClN6OS/c1-15(9-17,10-2-3-10)18-13(23)8-24-14-19-20-21-22(14)12-6-4-11(16)5-7-12/h4-7,10H,2-3,8H2,1H3,(H,18,23)/t15-/m1/s1. The van der Waals surface area contributed by atoms with Crippen LogP contribution in [0.15, 0.2) is 29.4 Å². The zero-order chi connectivity index (χ0) is 17.2. The van der Waals surface area contributed by atoms with Gasteiger partial charge in [-0.15, -0.1) is 5.10 Å². The average Bonchev–Trinajstić information content (AvgIpc) is 3.33. The molecule has 0 unspecified atom stereocenters. The molecule has 1 aromatic heterocycles. The first kappa shape index (κ1) is 16.7. The quantitative estimate of drug-likeness (QED) is 0.791. The molecule has 0 radical (unpaired) electrons. The number of halogens is 1. The molecular formula is C15H15ClN6OS. The monoisotopic (exact) mass is 362 g/mol. The van der Waals surface area contributed by atoms with E-state index < -0.39 is 5.54 Å². The van der Waals surface area contributed by atoms with Gasteiger partial charge in [0, 0.05) is 5.02 Å². The van der Waals surface area contributed by atoms with Gasteiger partial charge in [0.25, 0.3) is 0 Å². The molecule has 24 heavy (non-hydrogen) atoms. The Labute approximate surface area is 148 Å². The summed E-state index contributed by atoms with van der Waals surface area (Å²) < 4.78 is 1.54. The number of carbonyl (C=O) groups is 1. The van der Waals surface area contributed by atoms with Gasteiger partial charge in [-0.05, 0) is 60.4 Å². The summed E-state index contributed by atoms with van der Waals surface area (Å²) in [7, 11) is 0. The van der Waals surface area contributed by atoms with E-state index in [4.69, 9.17) is 11.6 Å². The van der Waals surface area contributed by atoms with Crippen molar-refractivity contribution in [3.8, 4) is 11.8 Å². The van der Waals surface area contributed by atoms with Crippen molar-refractivity contribution >= 4 is 29.3 Å². The number of aromatic nitrogens is 4. The lowest BCUT2D eigenvalue weighted by Crippen LogP contribution is -2.47. The minimum absolute atomic E-state index is 0.137. The summed E-state index contributed by atoms with van der Waals surface area (Å²) in [5.74, 6) is 0.176. The number of nitrogens with zero attached hydrogens (tertiary/aromatic N) is 5. The number of nitrogens with one attached hydrogen (secondary N) is 1. The SMILES string of the molecule is C[C@](C#N)(NC(=O)CSc1nnnn1-c1ccc(Cl)cc1)C1CC1. The third-order valence-electron chi connectivity index (χ3n) is 3.87. The number of benzene rings is 1. The Hall–Kier alpha value is -2.11. The summed E-state index contributed by atoms with van der Waals surface area (Å²) in [4.78, 5) is 12.2. The normalized spacial score (nSPS) is 16.2. The maximum absolute atomic E-state index is 12.2. The Bertz CT molecular complexity index is 782. The maximum atomic E-state index is 12.2. The zero-order valence-corrected chi connectivity index (χ0v) is 14.5. The van der Waals surface area contributed by atoms with Gasteiger partial charge in [0.1, 0.15) is 5.54 Å². The van der Waals surface area contributed by atoms with Crippen molar-refractivity contribution in [2.75, 3.05) is 5.75 Å². The highest BCUT2D eigenvalue weighted by Gasteiger charge is 2.42. The molecule has 1 fully saturated rings. The maximum Gasteiger partial charge on any atom is 0.231 e. The van der Waals surface area contributed by atoms with Crippen LogP contribution >= 0.6 is 23.4 Å². The van der Waals surface area contributed by atoms with Crippen molar-refractivity contribution in [1.82, 2.24) is 25.5 Å². The minimum Gasteiger partial charge on any atom is -0.337 e. The van der Waals surface area contributed by atoms with Crippen LogP contribution in [0.5, 0.6) is 0 Å². The van der Waals surface area contributed by atoms with Crippen molar-refractivity contribution < 1.29 is 4.79 Å². The fourth-order valence-corrected chi connectivity index (χ4v) is 3.17. The van der Waals surface area contributed by atoms with Gasteiger partial charge >= 0.3 is 0 Å². The molecule has 1 aromatic carbocycles. The van der Waals surface area contributed by atoms with Crippen LogP contribution in [0, 0.1) is 17.2 Å². The van der Waals surface area contributed by atoms with Gasteiger partial charge in [0.2, 0.25) is 11.1 Å². The molecule has 0 saturated heterocycles. The van der Waals surface area contributed by atoms with E-state index in [0.29, 0.717) is 10.2 Å². The lowest BCUT2D eigenvalue weighted by molar-refractivity contribution is -0.119. The Morgan fingerprint density at radius 3 is 2.83 bits per heavy atom. The van der Waals surface area contributed by atoms with E-state index in [9.17, 15) is 10.1 Å². The molecule has 1 atom stereocenters. The number of hydrogen-bond donors (Lipinski definition) is 1. The number of rotatable bonds is 6. The van der Waals surface area contributed by atoms with Gasteiger partial charge in [-0.25, -0.2) is 0 Å². The molecule has 7 nitrogen and oxygen atoms in total. The van der Waals surface area contributed by atoms with Gasteiger partial charge in [-0.3, -0.25) is 4.79 Å². The average molecular weight is 363 g/mol. The highest BCUT2D eigenvalue weighted by Crippen LogP contribution is 2.39. The number of carbonyl (C=O) groups excluding carboxylic acids is 1. The van der Waals surface area contributed by atoms with Gasteiger partial charge in [0.15, 0.2) is 0 Å². The van der Waals surface area contributed by atoms with Gasteiger partial charge in [-0.1, -0.05) is 23.4 Å². The van der Waals surface area contributed by atoms with Crippen LogP contribution in [-0.4, -0.2) is 37.4 Å². The highest BCUT2D eigenvalue weighted by atomic mass is 35.5. The first-order chi connectivity index (χ1) is 11.5. The van der Waals surface area contributed by atoms with Crippen LogP contribution in [-0.2, 0) is 4.79 Å². The second-order valence-corrected chi connectivity index (χ2v) is 7.15. The summed E-state index contributed by atoms with van der Waals surface area (Å²) in [5, 5.41) is 24.8. The lowest BCUT2D eigenvalue weighted by Gasteiger charge is -2.22. The van der Waals surface area contributed by atoms with Crippen molar-refractivity contribution in [2.45, 2.75) is 30.5 Å². The number of thioether (sulfide) groups is 1. The van der Waals surface area contributed by atoms with E-state index in [1.807, 2.05) is 0 Å². The van der Waals surface area contributed by atoms with E-state index in [1.54, 1.807) is 35.9 Å². The fraction of sp³-hybridized carbons (Fsp3) is 0.400. The van der Waals surface area contributed by atoms with Gasteiger partial charge in [-0.2, -0.15) is 9.94 Å². The van der Waals surface area contributed by atoms with Crippen molar-refractivity contribution in [3.63, 3.8) is 0 Å². The Morgan fingerprint density at radius 2 is 2.21 bits per heavy atom. The molecule has 1 N–H and O–H groups in total. The third kappa shape index (κ3) is 3.68. The Balaban J connectivity index is 1.63. The summed E-state index contributed by atoms with van der Waals surface area (Å²) in [6, 6.07) is 9.28. The molecule has 1 saturated carbocycles. The van der Waals surface area contributed by atoms with E-state index in [0.717, 1.165) is 18.5 Å². The zero-order valence-electron chi connectivity index (χ0n) is 12.9. The van der Waals surface area contributed by atoms with E-state index in [-0.39, 0.29) is 17.6 Å². The number of tetrazole rings is 1. The Kier molecular flexibility index (Phi) is 4.73. The van der Waals surface area contributed by atoms with Crippen LogP contribution in [0.1, 0.15) is 19.8 Å². The van der Waals surface area contributed by atoms with Crippen LogP contribution in [0.2, 0.25) is 5.02 Å². The molecule has 0 aliphatic heterocycles. The predicted octanol–water partition coefficient (Wildman–Crippen LogP) is 2.22. The van der Waals surface area contributed by atoms with Crippen molar-refractivity contribution in [1.29, 1.82) is 5.26 Å². The largest absolute Gasteiger partial charge is 0.337 e. The molecule has 0 spiro atoms. The smallest absolute Gasteiger partial charge is 0.231 e. The Morgan fingerprint density at radius 1 is 1.50 bits per heavy atom. The second kappa shape index (κ2) is 6.79. The molecule has 1 aliphatic rings. The first-order valence-electron chi connectivity index (χ1n) is 7.41. The molecule has 2 aromatic rings. The molecule has 3 rings (SSSR count). The fourth-order valence-electron chi connectivity index (χ4n) is 2.35. The van der Waals surface area contributed by atoms with E-state index in [2.05, 4.69) is 26.9 Å². The molecule has 1 heterocycles. The summed E-state index contributed by atoms with van der Waals surface area (Å²) in [5.41, 5.74) is -0.0353. The van der Waals surface area contributed by atoms with Crippen molar-refractivity contribution in [2.24, 2.45) is 5.92 Å². The molecule has 1 amide bonds. The van der Waals surface area contributed by atoms with Crippen LogP contribution in [0.4, 0.5) is 0 Å². The van der Waals surface area contributed by atoms with Crippen LogP contribution < -0.4 is 5.32 Å². The molecule has 0 bridgehead atoms. The lowest BCUT2D eigenvalue weighted by atomic mass is 9.98. The number of amides is 1.